The van der Waals surface area contributed by atoms with E-state index in [-0.39, 0.29) is 18.4 Å². The van der Waals surface area contributed by atoms with Crippen LogP contribution in [0.2, 0.25) is 0 Å². The Balaban J connectivity index is 2.11. The molecule has 0 amide bonds. The Kier molecular flexibility index (Phi) is 4.85. The number of hydrogen-bond donors (Lipinski definition) is 1. The molecule has 1 atom stereocenters. The monoisotopic (exact) mass is 295 g/mol. The quantitative estimate of drug-likeness (QED) is 0.901. The molecule has 0 saturated carbocycles. The molecule has 2 aromatic rings. The van der Waals surface area contributed by atoms with Gasteiger partial charge in [0.2, 0.25) is 0 Å². The van der Waals surface area contributed by atoms with Gasteiger partial charge in [0.1, 0.15) is 23.2 Å². The molecule has 2 nitrogen and oxygen atoms in total. The Morgan fingerprint density at radius 2 is 1.71 bits per heavy atom. The lowest BCUT2D eigenvalue weighted by Crippen LogP contribution is -2.19. The zero-order valence-electron chi connectivity index (χ0n) is 11.8. The third-order valence-electron chi connectivity index (χ3n) is 3.27. The van der Waals surface area contributed by atoms with Gasteiger partial charge in [0, 0.05) is 29.8 Å². The van der Waals surface area contributed by atoms with Crippen molar-refractivity contribution in [2.24, 2.45) is 0 Å². The first-order valence-electron chi connectivity index (χ1n) is 6.52. The second-order valence-electron chi connectivity index (χ2n) is 4.72. The lowest BCUT2D eigenvalue weighted by atomic mass is 10.1. The van der Waals surface area contributed by atoms with E-state index in [1.807, 2.05) is 6.92 Å². The molecule has 0 spiro atoms. The molecule has 0 saturated heterocycles. The molecule has 0 aliphatic rings. The normalized spacial score (nSPS) is 12.2. The highest BCUT2D eigenvalue weighted by atomic mass is 19.1. The molecule has 1 unspecified atom stereocenters. The maximum absolute atomic E-state index is 13.5. The summed E-state index contributed by atoms with van der Waals surface area (Å²) in [6.45, 7) is 2.02. The van der Waals surface area contributed by atoms with Gasteiger partial charge in [0.05, 0.1) is 7.11 Å². The SMILES string of the molecule is COc1ccc(F)cc1C(C)NCc1ccc(F)cc1F. The molecule has 0 fully saturated rings. The molecular formula is C16H16F3NO. The van der Waals surface area contributed by atoms with Gasteiger partial charge in [0.25, 0.3) is 0 Å². The van der Waals surface area contributed by atoms with Crippen molar-refractivity contribution in [3.63, 3.8) is 0 Å². The fraction of sp³-hybridized carbons (Fsp3) is 0.250. The van der Waals surface area contributed by atoms with E-state index in [2.05, 4.69) is 5.32 Å². The molecular weight excluding hydrogens is 279 g/mol. The molecule has 1 N–H and O–H groups in total. The van der Waals surface area contributed by atoms with Gasteiger partial charge in [-0.15, -0.1) is 0 Å². The molecule has 2 rings (SSSR count). The van der Waals surface area contributed by atoms with Crippen molar-refractivity contribution < 1.29 is 17.9 Å². The molecule has 0 aliphatic carbocycles. The number of benzene rings is 2. The number of rotatable bonds is 5. The number of ether oxygens (including phenoxy) is 1. The summed E-state index contributed by atoms with van der Waals surface area (Å²) in [6.07, 6.45) is 0. The van der Waals surface area contributed by atoms with Crippen LogP contribution in [0.1, 0.15) is 24.1 Å². The summed E-state index contributed by atoms with van der Waals surface area (Å²) in [6, 6.07) is 7.40. The summed E-state index contributed by atoms with van der Waals surface area (Å²) in [7, 11) is 1.50. The minimum atomic E-state index is -0.615. The van der Waals surface area contributed by atoms with Gasteiger partial charge in [-0.3, -0.25) is 0 Å². The molecule has 0 bridgehead atoms. The third-order valence-corrected chi connectivity index (χ3v) is 3.27. The lowest BCUT2D eigenvalue weighted by Gasteiger charge is -2.17. The maximum atomic E-state index is 13.5. The zero-order chi connectivity index (χ0) is 15.4. The standard InChI is InChI=1S/C16H16F3NO/c1-10(14-7-12(17)5-6-16(14)21-2)20-9-11-3-4-13(18)8-15(11)19/h3-8,10,20H,9H2,1-2H3. The van der Waals surface area contributed by atoms with Crippen molar-refractivity contribution >= 4 is 0 Å². The number of halogens is 3. The highest BCUT2D eigenvalue weighted by molar-refractivity contribution is 5.36. The van der Waals surface area contributed by atoms with Crippen LogP contribution in [0.5, 0.6) is 5.75 Å². The first-order chi connectivity index (χ1) is 10.0. The maximum Gasteiger partial charge on any atom is 0.130 e. The van der Waals surface area contributed by atoms with Crippen molar-refractivity contribution in [3.8, 4) is 5.75 Å². The number of hydrogen-bond acceptors (Lipinski definition) is 2. The van der Waals surface area contributed by atoms with E-state index in [1.54, 1.807) is 6.07 Å². The topological polar surface area (TPSA) is 21.3 Å². The van der Waals surface area contributed by atoms with Crippen LogP contribution in [-0.4, -0.2) is 7.11 Å². The minimum absolute atomic E-state index is 0.201. The van der Waals surface area contributed by atoms with E-state index in [0.29, 0.717) is 16.9 Å². The molecule has 112 valence electrons. The molecule has 0 aromatic heterocycles. The smallest absolute Gasteiger partial charge is 0.130 e. The third kappa shape index (κ3) is 3.76. The second-order valence-corrected chi connectivity index (χ2v) is 4.72. The van der Waals surface area contributed by atoms with Crippen molar-refractivity contribution in [2.75, 3.05) is 7.11 Å². The molecule has 5 heteroatoms. The largest absolute Gasteiger partial charge is 0.496 e. The average molecular weight is 295 g/mol. The van der Waals surface area contributed by atoms with Crippen LogP contribution in [0.3, 0.4) is 0 Å². The highest BCUT2D eigenvalue weighted by Gasteiger charge is 2.13. The van der Waals surface area contributed by atoms with E-state index >= 15 is 0 Å². The van der Waals surface area contributed by atoms with Crippen molar-refractivity contribution in [1.82, 2.24) is 5.32 Å². The molecule has 21 heavy (non-hydrogen) atoms. The molecule has 0 heterocycles. The van der Waals surface area contributed by atoms with Gasteiger partial charge in [-0.2, -0.15) is 0 Å². The second kappa shape index (κ2) is 6.63. The van der Waals surface area contributed by atoms with Crippen molar-refractivity contribution in [2.45, 2.75) is 19.5 Å². The van der Waals surface area contributed by atoms with E-state index in [1.165, 1.54) is 31.4 Å². The highest BCUT2D eigenvalue weighted by Crippen LogP contribution is 2.26. The first kappa shape index (κ1) is 15.4. The fourth-order valence-corrected chi connectivity index (χ4v) is 2.08. The summed E-state index contributed by atoms with van der Waals surface area (Å²) in [5, 5.41) is 3.07. The minimum Gasteiger partial charge on any atom is -0.496 e. The van der Waals surface area contributed by atoms with E-state index < -0.39 is 11.6 Å². The van der Waals surface area contributed by atoms with E-state index in [4.69, 9.17) is 4.74 Å². The summed E-state index contributed by atoms with van der Waals surface area (Å²) >= 11 is 0. The number of nitrogens with one attached hydrogen (secondary N) is 1. The van der Waals surface area contributed by atoms with Crippen LogP contribution >= 0.6 is 0 Å². The van der Waals surface area contributed by atoms with Gasteiger partial charge >= 0.3 is 0 Å². The van der Waals surface area contributed by atoms with Crippen LogP contribution in [0, 0.1) is 17.5 Å². The lowest BCUT2D eigenvalue weighted by molar-refractivity contribution is 0.399. The summed E-state index contributed by atoms with van der Waals surface area (Å²) in [5.41, 5.74) is 0.985. The Morgan fingerprint density at radius 3 is 2.38 bits per heavy atom. The summed E-state index contributed by atoms with van der Waals surface area (Å²) in [5.74, 6) is -1.04. The van der Waals surface area contributed by atoms with Gasteiger partial charge in [-0.05, 0) is 31.2 Å². The van der Waals surface area contributed by atoms with E-state index in [0.717, 1.165) is 6.07 Å². The summed E-state index contributed by atoms with van der Waals surface area (Å²) in [4.78, 5) is 0. The van der Waals surface area contributed by atoms with E-state index in [9.17, 15) is 13.2 Å². The number of methoxy groups -OCH3 is 1. The first-order valence-corrected chi connectivity index (χ1v) is 6.52. The molecule has 0 radical (unpaired) electrons. The molecule has 0 aliphatic heterocycles. The van der Waals surface area contributed by atoms with Gasteiger partial charge in [0.15, 0.2) is 0 Å². The summed E-state index contributed by atoms with van der Waals surface area (Å²) < 4.78 is 44.9. The molecule has 2 aromatic carbocycles. The fourth-order valence-electron chi connectivity index (χ4n) is 2.08. The van der Waals surface area contributed by atoms with Gasteiger partial charge < -0.3 is 10.1 Å². The Labute approximate surface area is 121 Å². The Bertz CT molecular complexity index is 631. The van der Waals surface area contributed by atoms with Crippen LogP contribution in [0.4, 0.5) is 13.2 Å². The van der Waals surface area contributed by atoms with Crippen molar-refractivity contribution in [1.29, 1.82) is 0 Å². The predicted octanol–water partition coefficient (Wildman–Crippen LogP) is 3.96. The van der Waals surface area contributed by atoms with Crippen molar-refractivity contribution in [3.05, 3.63) is 65.0 Å². The zero-order valence-corrected chi connectivity index (χ0v) is 11.8. The predicted molar refractivity (Wildman–Crippen MR) is 74.6 cm³/mol. The van der Waals surface area contributed by atoms with Crippen LogP contribution in [-0.2, 0) is 6.54 Å². The van der Waals surface area contributed by atoms with Gasteiger partial charge in [-0.1, -0.05) is 6.07 Å². The average Bonchev–Trinajstić information content (AvgIpc) is 2.46. The van der Waals surface area contributed by atoms with Crippen LogP contribution in [0.15, 0.2) is 36.4 Å². The van der Waals surface area contributed by atoms with Crippen LogP contribution in [0.25, 0.3) is 0 Å². The Hall–Kier alpha value is -2.01. The van der Waals surface area contributed by atoms with Gasteiger partial charge in [-0.25, -0.2) is 13.2 Å². The Morgan fingerprint density at radius 1 is 1.05 bits per heavy atom. The van der Waals surface area contributed by atoms with Crippen LogP contribution < -0.4 is 10.1 Å².